The lowest BCUT2D eigenvalue weighted by Gasteiger charge is -1.97. The van der Waals surface area contributed by atoms with Gasteiger partial charge in [0.2, 0.25) is 0 Å². The summed E-state index contributed by atoms with van der Waals surface area (Å²) in [5.41, 5.74) is 0.142. The van der Waals surface area contributed by atoms with Crippen molar-refractivity contribution in [3.8, 4) is 0 Å². The van der Waals surface area contributed by atoms with Crippen molar-refractivity contribution in [2.75, 3.05) is 5.75 Å². The number of carbonyl (C=O) groups is 2. The monoisotopic (exact) mass is 328 g/mol. The normalized spacial score (nSPS) is 10.8. The average molecular weight is 328 g/mol. The molecule has 0 aliphatic rings. The molecule has 2 heterocycles. The van der Waals surface area contributed by atoms with Crippen LogP contribution in [-0.4, -0.2) is 32.5 Å². The fourth-order valence-electron chi connectivity index (χ4n) is 1.57. The smallest absolute Gasteiger partial charge is 0.308 e. The van der Waals surface area contributed by atoms with E-state index in [0.717, 1.165) is 11.8 Å². The molecule has 7 nitrogen and oxygen atoms in total. The van der Waals surface area contributed by atoms with E-state index in [1.54, 1.807) is 13.8 Å². The maximum atomic E-state index is 11.9. The minimum atomic E-state index is -0.924. The van der Waals surface area contributed by atoms with Crippen molar-refractivity contribution in [2.45, 2.75) is 24.6 Å². The van der Waals surface area contributed by atoms with Gasteiger partial charge in [-0.05, 0) is 13.8 Å². The molecule has 0 aliphatic carbocycles. The maximum Gasteiger partial charge on any atom is 0.308 e. The van der Waals surface area contributed by atoms with Crippen LogP contribution in [0.5, 0.6) is 0 Å². The molecule has 0 spiro atoms. The summed E-state index contributed by atoms with van der Waals surface area (Å²) >= 11 is 2.38. The van der Waals surface area contributed by atoms with Crippen LogP contribution in [0.2, 0.25) is 0 Å². The molecule has 0 aliphatic heterocycles. The van der Waals surface area contributed by atoms with E-state index in [1.807, 2.05) is 0 Å². The van der Waals surface area contributed by atoms with Crippen LogP contribution in [0.3, 0.4) is 0 Å². The highest BCUT2D eigenvalue weighted by Crippen LogP contribution is 2.27. The van der Waals surface area contributed by atoms with Crippen molar-refractivity contribution < 1.29 is 19.2 Å². The van der Waals surface area contributed by atoms with Crippen molar-refractivity contribution >= 4 is 35.0 Å². The molecule has 2 rings (SSSR count). The summed E-state index contributed by atoms with van der Waals surface area (Å²) in [4.78, 5) is 38.8. The van der Waals surface area contributed by atoms with Gasteiger partial charge in [-0.1, -0.05) is 11.8 Å². The number of aliphatic carboxylic acids is 1. The van der Waals surface area contributed by atoms with Crippen LogP contribution in [0.1, 0.15) is 21.1 Å². The van der Waals surface area contributed by atoms with Gasteiger partial charge in [-0.3, -0.25) is 14.4 Å². The fourth-order valence-corrected chi connectivity index (χ4v) is 3.63. The first-order valence-corrected chi connectivity index (χ1v) is 7.71. The SMILES string of the molecule is Cc1cc(=O)n(C(=O)CSc2nc(C)c(CC(=O)O)s2)o1. The summed E-state index contributed by atoms with van der Waals surface area (Å²) in [5.74, 6) is -1.04. The number of carboxylic acid groups (broad SMARTS) is 1. The number of carboxylic acids is 1. The van der Waals surface area contributed by atoms with E-state index in [2.05, 4.69) is 4.98 Å². The van der Waals surface area contributed by atoms with Crippen molar-refractivity contribution in [1.29, 1.82) is 0 Å². The highest BCUT2D eigenvalue weighted by Gasteiger charge is 2.15. The topological polar surface area (TPSA) is 102 Å². The number of carbonyl (C=O) groups excluding carboxylic acids is 1. The summed E-state index contributed by atoms with van der Waals surface area (Å²) in [6.45, 7) is 3.31. The van der Waals surface area contributed by atoms with Crippen LogP contribution < -0.4 is 5.56 Å². The highest BCUT2D eigenvalue weighted by atomic mass is 32.2. The van der Waals surface area contributed by atoms with Gasteiger partial charge in [0, 0.05) is 10.9 Å². The first kappa shape index (κ1) is 15.5. The molecular weight excluding hydrogens is 316 g/mol. The maximum absolute atomic E-state index is 11.9. The van der Waals surface area contributed by atoms with Gasteiger partial charge < -0.3 is 9.63 Å². The van der Waals surface area contributed by atoms with Gasteiger partial charge in [0.15, 0.2) is 4.34 Å². The van der Waals surface area contributed by atoms with Gasteiger partial charge in [0.25, 0.3) is 11.5 Å². The lowest BCUT2D eigenvalue weighted by molar-refractivity contribution is -0.136. The molecule has 0 radical (unpaired) electrons. The molecule has 1 N–H and O–H groups in total. The Morgan fingerprint density at radius 3 is 2.76 bits per heavy atom. The Morgan fingerprint density at radius 2 is 2.19 bits per heavy atom. The van der Waals surface area contributed by atoms with Gasteiger partial charge >= 0.3 is 5.97 Å². The number of aryl methyl sites for hydroxylation is 2. The zero-order valence-electron chi connectivity index (χ0n) is 11.3. The zero-order valence-corrected chi connectivity index (χ0v) is 12.9. The first-order chi connectivity index (χ1) is 9.86. The first-order valence-electron chi connectivity index (χ1n) is 5.91. The van der Waals surface area contributed by atoms with Gasteiger partial charge in [-0.15, -0.1) is 16.1 Å². The minimum Gasteiger partial charge on any atom is -0.481 e. The van der Waals surface area contributed by atoms with E-state index in [9.17, 15) is 14.4 Å². The summed E-state index contributed by atoms with van der Waals surface area (Å²) in [6.07, 6.45) is -0.0884. The third-order valence-corrected chi connectivity index (χ3v) is 4.78. The Bertz CT molecular complexity index is 743. The summed E-state index contributed by atoms with van der Waals surface area (Å²) in [7, 11) is 0. The molecule has 2 aromatic rings. The van der Waals surface area contributed by atoms with E-state index in [1.165, 1.54) is 17.4 Å². The predicted octanol–water partition coefficient (Wildman–Crippen LogP) is 1.57. The molecule has 0 saturated heterocycles. The Balaban J connectivity index is 2.03. The number of hydrogen-bond donors (Lipinski definition) is 1. The van der Waals surface area contributed by atoms with Crippen LogP contribution in [0.4, 0.5) is 0 Å². The molecule has 0 atom stereocenters. The predicted molar refractivity (Wildman–Crippen MR) is 77.2 cm³/mol. The molecule has 0 aromatic carbocycles. The van der Waals surface area contributed by atoms with Crippen LogP contribution in [0.15, 0.2) is 19.7 Å². The lowest BCUT2D eigenvalue weighted by atomic mass is 10.3. The summed E-state index contributed by atoms with van der Waals surface area (Å²) in [5, 5.41) is 8.77. The second-order valence-corrected chi connectivity index (χ2v) is 6.53. The van der Waals surface area contributed by atoms with Crippen molar-refractivity contribution in [1.82, 2.24) is 9.72 Å². The molecule has 21 heavy (non-hydrogen) atoms. The summed E-state index contributed by atoms with van der Waals surface area (Å²) < 4.78 is 6.29. The Hall–Kier alpha value is -1.87. The van der Waals surface area contributed by atoms with E-state index in [-0.39, 0.29) is 12.2 Å². The van der Waals surface area contributed by atoms with Crippen LogP contribution >= 0.6 is 23.1 Å². The second-order valence-electron chi connectivity index (χ2n) is 4.22. The van der Waals surface area contributed by atoms with Crippen molar-refractivity contribution in [3.05, 3.63) is 32.8 Å². The quantitative estimate of drug-likeness (QED) is 0.831. The molecule has 0 fully saturated rings. The Morgan fingerprint density at radius 1 is 1.48 bits per heavy atom. The van der Waals surface area contributed by atoms with Gasteiger partial charge in [0.05, 0.1) is 17.9 Å². The molecule has 2 aromatic heterocycles. The van der Waals surface area contributed by atoms with Gasteiger partial charge in [-0.2, -0.15) is 0 Å². The number of aromatic nitrogens is 2. The van der Waals surface area contributed by atoms with Crippen molar-refractivity contribution in [3.63, 3.8) is 0 Å². The third kappa shape index (κ3) is 3.82. The Kier molecular flexibility index (Phi) is 4.63. The summed E-state index contributed by atoms with van der Waals surface area (Å²) in [6, 6.07) is 1.24. The molecule has 112 valence electrons. The number of thioether (sulfide) groups is 1. The second kappa shape index (κ2) is 6.27. The van der Waals surface area contributed by atoms with Crippen LogP contribution in [-0.2, 0) is 11.2 Å². The molecule has 0 amide bonds. The molecule has 0 unspecified atom stereocenters. The number of rotatable bonds is 5. The van der Waals surface area contributed by atoms with Crippen molar-refractivity contribution in [2.24, 2.45) is 0 Å². The van der Waals surface area contributed by atoms with Crippen LogP contribution in [0, 0.1) is 13.8 Å². The standard InChI is InChI=1S/C12H12N2O5S2/c1-6-3-9(15)14(19-6)10(16)5-20-12-13-7(2)8(21-12)4-11(17)18/h3H,4-5H2,1-2H3,(H,17,18). The zero-order chi connectivity index (χ0) is 15.6. The van der Waals surface area contributed by atoms with E-state index >= 15 is 0 Å². The molecule has 0 bridgehead atoms. The molecule has 0 saturated carbocycles. The van der Waals surface area contributed by atoms with E-state index in [4.69, 9.17) is 9.63 Å². The average Bonchev–Trinajstić information content (AvgIpc) is 2.89. The van der Waals surface area contributed by atoms with Crippen LogP contribution in [0.25, 0.3) is 0 Å². The third-order valence-electron chi connectivity index (χ3n) is 2.49. The van der Waals surface area contributed by atoms with Gasteiger partial charge in [0.1, 0.15) is 5.76 Å². The van der Waals surface area contributed by atoms with E-state index < -0.39 is 17.4 Å². The molecular formula is C12H12N2O5S2. The fraction of sp³-hybridized carbons (Fsp3) is 0.333. The Labute approximate surface area is 127 Å². The highest BCUT2D eigenvalue weighted by molar-refractivity contribution is 8.01. The number of thiazole rings is 1. The minimum absolute atomic E-state index is 0.00761. The lowest BCUT2D eigenvalue weighted by Crippen LogP contribution is -2.23. The molecule has 9 heteroatoms. The number of hydrogen-bond acceptors (Lipinski definition) is 7. The van der Waals surface area contributed by atoms with E-state index in [0.29, 0.717) is 25.4 Å². The largest absolute Gasteiger partial charge is 0.481 e. The van der Waals surface area contributed by atoms with Gasteiger partial charge in [-0.25, -0.2) is 4.98 Å². The number of nitrogens with zero attached hydrogens (tertiary/aromatic N) is 2.